The van der Waals surface area contributed by atoms with Crippen LogP contribution in [0.25, 0.3) is 0 Å². The number of amides is 2. The maximum Gasteiger partial charge on any atom is 0.404 e. The summed E-state index contributed by atoms with van der Waals surface area (Å²) in [6.07, 6.45) is 1.43. The van der Waals surface area contributed by atoms with Crippen LogP contribution in [0.15, 0.2) is 30.7 Å². The van der Waals surface area contributed by atoms with Crippen LogP contribution in [0, 0.1) is 5.82 Å². The number of likely N-dealkylation sites (N-methyl/N-ethyl adjacent to an activating group) is 1. The molecule has 0 aliphatic heterocycles. The number of nitrogens with zero attached hydrogens (tertiary/aromatic N) is 4. The molecule has 10 nitrogen and oxygen atoms in total. The number of carbonyl (C=O) groups excluding carboxylic acids is 1. The number of rotatable bonds is 8. The lowest BCUT2D eigenvalue weighted by Gasteiger charge is -2.31. The largest absolute Gasteiger partial charge is 0.465 e. The van der Waals surface area contributed by atoms with E-state index < -0.39 is 30.1 Å². The van der Waals surface area contributed by atoms with Gasteiger partial charge in [-0.05, 0) is 58.7 Å². The first-order valence-electron chi connectivity index (χ1n) is 11.5. The molecule has 3 N–H and O–H groups in total. The van der Waals surface area contributed by atoms with Crippen LogP contribution in [0.5, 0.6) is 11.5 Å². The van der Waals surface area contributed by atoms with Gasteiger partial charge in [0.1, 0.15) is 17.9 Å². The third-order valence-electron chi connectivity index (χ3n) is 6.05. The molecule has 1 aromatic carbocycles. The zero-order valence-electron chi connectivity index (χ0n) is 20.5. The van der Waals surface area contributed by atoms with E-state index in [-0.39, 0.29) is 41.5 Å². The lowest BCUT2D eigenvalue weighted by molar-refractivity contribution is 0.0640. The van der Waals surface area contributed by atoms with Crippen LogP contribution in [0.4, 0.5) is 15.0 Å². The number of benzene rings is 1. The van der Waals surface area contributed by atoms with Gasteiger partial charge in [0.15, 0.2) is 11.6 Å². The lowest BCUT2D eigenvalue weighted by Crippen LogP contribution is -2.42. The van der Waals surface area contributed by atoms with Crippen LogP contribution < -0.4 is 15.0 Å². The highest BCUT2D eigenvalue weighted by molar-refractivity contribution is 5.97. The van der Waals surface area contributed by atoms with E-state index in [2.05, 4.69) is 15.3 Å². The van der Waals surface area contributed by atoms with Crippen molar-refractivity contribution < 1.29 is 28.9 Å². The Balaban J connectivity index is 1.92. The van der Waals surface area contributed by atoms with Crippen molar-refractivity contribution in [2.45, 2.75) is 70.8 Å². The number of ether oxygens (including phenoxy) is 1. The van der Waals surface area contributed by atoms with Gasteiger partial charge in [0.05, 0.1) is 23.9 Å². The molecule has 0 spiro atoms. The minimum absolute atomic E-state index is 0.0662. The maximum atomic E-state index is 14.2. The third kappa shape index (κ3) is 5.97. The summed E-state index contributed by atoms with van der Waals surface area (Å²) >= 11 is 0. The maximum absolute atomic E-state index is 14.2. The van der Waals surface area contributed by atoms with E-state index in [1.54, 1.807) is 16.8 Å². The van der Waals surface area contributed by atoms with Crippen LogP contribution in [0.2, 0.25) is 0 Å². The minimum atomic E-state index is -1.15. The number of carbonyl (C=O) groups is 2. The minimum Gasteiger partial charge on any atom is -0.465 e. The van der Waals surface area contributed by atoms with E-state index in [0.29, 0.717) is 12.2 Å². The van der Waals surface area contributed by atoms with Crippen LogP contribution in [-0.4, -0.2) is 74.4 Å². The standard InChI is InChI=1S/C24H32FN5O5/c1-13(2)30(14(3)4)23(32)17-8-15(25)6-7-20(17)35-21-11-26-12-27-22(21)29(5)18-9-16(10-19(18)31)28-24(33)34/h6-8,11-14,16,18-19,28,31H,9-10H2,1-5H3,(H,33,34)/t16-,18+,19-/m1/s1. The number of carboxylic acid groups (broad SMARTS) is 1. The second-order valence-corrected chi connectivity index (χ2v) is 9.22. The molecule has 1 aliphatic rings. The van der Waals surface area contributed by atoms with Gasteiger partial charge in [-0.1, -0.05) is 0 Å². The Hall–Kier alpha value is -3.47. The first kappa shape index (κ1) is 26.1. The first-order valence-corrected chi connectivity index (χ1v) is 11.5. The molecule has 3 rings (SSSR count). The number of aromatic nitrogens is 2. The molecule has 190 valence electrons. The molecule has 2 aromatic rings. The van der Waals surface area contributed by atoms with Crippen molar-refractivity contribution in [3.8, 4) is 11.5 Å². The van der Waals surface area contributed by atoms with Crippen molar-refractivity contribution in [1.82, 2.24) is 20.2 Å². The summed E-state index contributed by atoms with van der Waals surface area (Å²) in [5, 5.41) is 22.0. The zero-order valence-corrected chi connectivity index (χ0v) is 20.5. The molecule has 0 saturated heterocycles. The first-order chi connectivity index (χ1) is 16.5. The van der Waals surface area contributed by atoms with Gasteiger partial charge in [0.2, 0.25) is 0 Å². The smallest absolute Gasteiger partial charge is 0.404 e. The van der Waals surface area contributed by atoms with Gasteiger partial charge in [0.25, 0.3) is 5.91 Å². The summed E-state index contributed by atoms with van der Waals surface area (Å²) in [5.41, 5.74) is 0.0662. The number of hydrogen-bond donors (Lipinski definition) is 3. The topological polar surface area (TPSA) is 128 Å². The van der Waals surface area contributed by atoms with Gasteiger partial charge < -0.3 is 30.1 Å². The highest BCUT2D eigenvalue weighted by Gasteiger charge is 2.38. The predicted molar refractivity (Wildman–Crippen MR) is 127 cm³/mol. The fourth-order valence-electron chi connectivity index (χ4n) is 4.59. The molecule has 0 radical (unpaired) electrons. The predicted octanol–water partition coefficient (Wildman–Crippen LogP) is 3.26. The lowest BCUT2D eigenvalue weighted by atomic mass is 10.1. The summed E-state index contributed by atoms with van der Waals surface area (Å²) in [6, 6.07) is 2.67. The monoisotopic (exact) mass is 489 g/mol. The van der Waals surface area contributed by atoms with Crippen molar-refractivity contribution in [3.05, 3.63) is 42.1 Å². The van der Waals surface area contributed by atoms with E-state index >= 15 is 0 Å². The average molecular weight is 490 g/mol. The molecule has 1 saturated carbocycles. The summed E-state index contributed by atoms with van der Waals surface area (Å²) in [6.45, 7) is 7.54. The van der Waals surface area contributed by atoms with E-state index in [1.165, 1.54) is 24.7 Å². The number of aliphatic hydroxyl groups excluding tert-OH is 1. The van der Waals surface area contributed by atoms with Gasteiger partial charge in [0, 0.05) is 25.2 Å². The van der Waals surface area contributed by atoms with E-state index in [0.717, 1.165) is 6.07 Å². The Bertz CT molecular complexity index is 1060. The van der Waals surface area contributed by atoms with Crippen molar-refractivity contribution in [3.63, 3.8) is 0 Å². The molecule has 3 atom stereocenters. The van der Waals surface area contributed by atoms with Crippen LogP contribution in [0.3, 0.4) is 0 Å². The number of nitrogens with one attached hydrogen (secondary N) is 1. The Kier molecular flexibility index (Phi) is 8.11. The SMILES string of the molecule is CC(C)N(C(=O)c1cc(F)ccc1Oc1cncnc1N(C)[C@H]1C[C@@H](NC(=O)O)C[C@H]1O)C(C)C. The Labute approximate surface area is 203 Å². The summed E-state index contributed by atoms with van der Waals surface area (Å²) in [5.74, 6) is -0.249. The number of anilines is 1. The van der Waals surface area contributed by atoms with Crippen LogP contribution in [-0.2, 0) is 0 Å². The second-order valence-electron chi connectivity index (χ2n) is 9.22. The molecule has 11 heteroatoms. The third-order valence-corrected chi connectivity index (χ3v) is 6.05. The Morgan fingerprint density at radius 1 is 1.17 bits per heavy atom. The zero-order chi connectivity index (χ0) is 25.9. The van der Waals surface area contributed by atoms with Crippen LogP contribution in [0.1, 0.15) is 50.9 Å². The van der Waals surface area contributed by atoms with Gasteiger partial charge in [-0.15, -0.1) is 0 Å². The highest BCUT2D eigenvalue weighted by atomic mass is 19.1. The summed E-state index contributed by atoms with van der Waals surface area (Å²) < 4.78 is 20.2. The molecular formula is C24H32FN5O5. The quantitative estimate of drug-likeness (QED) is 0.516. The Morgan fingerprint density at radius 2 is 1.86 bits per heavy atom. The van der Waals surface area contributed by atoms with Gasteiger partial charge in [-0.25, -0.2) is 19.2 Å². The molecular weight excluding hydrogens is 457 g/mol. The molecule has 35 heavy (non-hydrogen) atoms. The molecule has 1 aromatic heterocycles. The van der Waals surface area contributed by atoms with Crippen LogP contribution >= 0.6 is 0 Å². The van der Waals surface area contributed by atoms with Crippen molar-refractivity contribution >= 4 is 17.8 Å². The number of hydrogen-bond acceptors (Lipinski definition) is 7. The molecule has 2 amide bonds. The average Bonchev–Trinajstić information content (AvgIpc) is 3.13. The molecule has 1 fully saturated rings. The molecule has 1 heterocycles. The van der Waals surface area contributed by atoms with Gasteiger partial charge in [-0.2, -0.15) is 0 Å². The second kappa shape index (κ2) is 10.9. The highest BCUT2D eigenvalue weighted by Crippen LogP contribution is 2.35. The van der Waals surface area contributed by atoms with E-state index in [1.807, 2.05) is 27.7 Å². The van der Waals surface area contributed by atoms with Gasteiger partial charge in [-0.3, -0.25) is 4.79 Å². The van der Waals surface area contributed by atoms with E-state index in [4.69, 9.17) is 9.84 Å². The number of aliphatic hydroxyl groups is 1. The molecule has 0 unspecified atom stereocenters. The summed E-state index contributed by atoms with van der Waals surface area (Å²) in [7, 11) is 1.71. The van der Waals surface area contributed by atoms with Crippen molar-refractivity contribution in [2.75, 3.05) is 11.9 Å². The fraction of sp³-hybridized carbons (Fsp3) is 0.500. The van der Waals surface area contributed by atoms with Crippen molar-refractivity contribution in [2.24, 2.45) is 0 Å². The number of halogens is 1. The van der Waals surface area contributed by atoms with Crippen molar-refractivity contribution in [1.29, 1.82) is 0 Å². The molecule has 1 aliphatic carbocycles. The summed E-state index contributed by atoms with van der Waals surface area (Å²) in [4.78, 5) is 36.0. The van der Waals surface area contributed by atoms with Gasteiger partial charge >= 0.3 is 6.09 Å². The normalized spacial score (nSPS) is 19.6. The van der Waals surface area contributed by atoms with E-state index in [9.17, 15) is 19.1 Å². The Morgan fingerprint density at radius 3 is 2.49 bits per heavy atom. The fourth-order valence-corrected chi connectivity index (χ4v) is 4.59. The molecule has 0 bridgehead atoms.